The summed E-state index contributed by atoms with van der Waals surface area (Å²) < 4.78 is 40.8. The maximum atomic E-state index is 13.7. The van der Waals surface area contributed by atoms with Crippen LogP contribution in [0.2, 0.25) is 0 Å². The van der Waals surface area contributed by atoms with Gasteiger partial charge in [0.1, 0.15) is 5.82 Å². The van der Waals surface area contributed by atoms with Crippen molar-refractivity contribution in [2.24, 2.45) is 0 Å². The number of halogens is 1. The SMILES string of the molecule is C[C@@H](CN1CCCCC1)NS(=O)(=O)Cc1cc(C#N)ccc1F. The molecule has 0 amide bonds. The highest BCUT2D eigenvalue weighted by Crippen LogP contribution is 2.14. The van der Waals surface area contributed by atoms with E-state index in [2.05, 4.69) is 9.62 Å². The quantitative estimate of drug-likeness (QED) is 0.860. The van der Waals surface area contributed by atoms with E-state index in [0.29, 0.717) is 6.54 Å². The maximum absolute atomic E-state index is 13.7. The van der Waals surface area contributed by atoms with Gasteiger partial charge < -0.3 is 4.90 Å². The lowest BCUT2D eigenvalue weighted by Crippen LogP contribution is -2.44. The average Bonchev–Trinajstić information content (AvgIpc) is 2.49. The Labute approximate surface area is 137 Å². The molecule has 0 saturated carbocycles. The molecule has 0 bridgehead atoms. The number of sulfonamides is 1. The minimum atomic E-state index is -3.66. The second kappa shape index (κ2) is 7.86. The summed E-state index contributed by atoms with van der Waals surface area (Å²) in [6, 6.07) is 5.39. The largest absolute Gasteiger partial charge is 0.302 e. The Morgan fingerprint density at radius 3 is 2.70 bits per heavy atom. The van der Waals surface area contributed by atoms with Gasteiger partial charge in [-0.3, -0.25) is 0 Å². The van der Waals surface area contributed by atoms with E-state index in [1.807, 2.05) is 13.0 Å². The topological polar surface area (TPSA) is 73.2 Å². The lowest BCUT2D eigenvalue weighted by atomic mass is 10.1. The smallest absolute Gasteiger partial charge is 0.216 e. The summed E-state index contributed by atoms with van der Waals surface area (Å²) in [5.41, 5.74) is 0.264. The fraction of sp³-hybridized carbons (Fsp3) is 0.562. The van der Waals surface area contributed by atoms with Gasteiger partial charge in [0.05, 0.1) is 17.4 Å². The molecule has 2 rings (SSSR count). The average molecular weight is 339 g/mol. The van der Waals surface area contributed by atoms with Crippen molar-refractivity contribution in [1.82, 2.24) is 9.62 Å². The van der Waals surface area contributed by atoms with Crippen LogP contribution in [0.15, 0.2) is 18.2 Å². The Balaban J connectivity index is 1.97. The number of likely N-dealkylation sites (tertiary alicyclic amines) is 1. The predicted octanol–water partition coefficient (Wildman–Crippen LogP) is 1.99. The fourth-order valence-corrected chi connectivity index (χ4v) is 4.28. The molecular formula is C16H22FN3O2S. The molecule has 0 aliphatic carbocycles. The standard InChI is InChI=1S/C16H22FN3O2S/c1-13(11-20-7-3-2-4-8-20)19-23(21,22)12-15-9-14(10-18)5-6-16(15)17/h5-6,9,13,19H,2-4,7-8,11-12H2,1H3/t13-/m0/s1. The van der Waals surface area contributed by atoms with E-state index in [1.54, 1.807) is 0 Å². The Bertz CT molecular complexity index is 679. The van der Waals surface area contributed by atoms with Gasteiger partial charge in [0.2, 0.25) is 10.0 Å². The van der Waals surface area contributed by atoms with Crippen molar-refractivity contribution < 1.29 is 12.8 Å². The molecule has 0 spiro atoms. The van der Waals surface area contributed by atoms with Crippen molar-refractivity contribution >= 4 is 10.0 Å². The van der Waals surface area contributed by atoms with E-state index >= 15 is 0 Å². The van der Waals surface area contributed by atoms with Gasteiger partial charge in [-0.25, -0.2) is 17.5 Å². The van der Waals surface area contributed by atoms with Crippen LogP contribution >= 0.6 is 0 Å². The van der Waals surface area contributed by atoms with Crippen molar-refractivity contribution in [3.8, 4) is 6.07 Å². The first-order valence-electron chi connectivity index (χ1n) is 7.80. The van der Waals surface area contributed by atoms with Gasteiger partial charge in [-0.1, -0.05) is 6.42 Å². The van der Waals surface area contributed by atoms with Crippen molar-refractivity contribution in [2.75, 3.05) is 19.6 Å². The van der Waals surface area contributed by atoms with Gasteiger partial charge in [0.15, 0.2) is 0 Å². The molecule has 23 heavy (non-hydrogen) atoms. The minimum Gasteiger partial charge on any atom is -0.302 e. The summed E-state index contributed by atoms with van der Waals surface area (Å²) in [6.07, 6.45) is 3.52. The molecule has 0 radical (unpaired) electrons. The number of nitrogens with zero attached hydrogens (tertiary/aromatic N) is 2. The first-order valence-corrected chi connectivity index (χ1v) is 9.46. The van der Waals surface area contributed by atoms with Gasteiger partial charge in [-0.15, -0.1) is 0 Å². The molecule has 1 aliphatic rings. The van der Waals surface area contributed by atoms with Crippen LogP contribution in [0.3, 0.4) is 0 Å². The molecule has 5 nitrogen and oxygen atoms in total. The molecule has 126 valence electrons. The molecule has 1 N–H and O–H groups in total. The minimum absolute atomic E-state index is 0.0155. The highest BCUT2D eigenvalue weighted by Gasteiger charge is 2.20. The molecule has 1 aromatic rings. The number of hydrogen-bond donors (Lipinski definition) is 1. The predicted molar refractivity (Wildman–Crippen MR) is 86.6 cm³/mol. The Kier molecular flexibility index (Phi) is 6.10. The summed E-state index contributed by atoms with van der Waals surface area (Å²) in [5, 5.41) is 8.84. The molecular weight excluding hydrogens is 317 g/mol. The van der Waals surface area contributed by atoms with Crippen LogP contribution < -0.4 is 4.72 Å². The highest BCUT2D eigenvalue weighted by molar-refractivity contribution is 7.88. The lowest BCUT2D eigenvalue weighted by molar-refractivity contribution is 0.215. The zero-order valence-electron chi connectivity index (χ0n) is 13.3. The van der Waals surface area contributed by atoms with E-state index in [4.69, 9.17) is 5.26 Å². The summed E-state index contributed by atoms with van der Waals surface area (Å²) >= 11 is 0. The van der Waals surface area contributed by atoms with Crippen LogP contribution in [-0.2, 0) is 15.8 Å². The van der Waals surface area contributed by atoms with Crippen LogP contribution in [0.1, 0.15) is 37.3 Å². The molecule has 1 atom stereocenters. The van der Waals surface area contributed by atoms with Gasteiger partial charge in [-0.2, -0.15) is 5.26 Å². The third-order valence-corrected chi connectivity index (χ3v) is 5.33. The molecule has 1 fully saturated rings. The monoisotopic (exact) mass is 339 g/mol. The van der Waals surface area contributed by atoms with E-state index in [1.165, 1.54) is 18.6 Å². The van der Waals surface area contributed by atoms with Crippen molar-refractivity contribution in [3.05, 3.63) is 35.1 Å². The Morgan fingerprint density at radius 1 is 1.35 bits per heavy atom. The number of piperidine rings is 1. The van der Waals surface area contributed by atoms with E-state index < -0.39 is 21.6 Å². The molecule has 0 aromatic heterocycles. The number of benzene rings is 1. The summed E-state index contributed by atoms with van der Waals surface area (Å²) in [6.45, 7) is 4.45. The number of hydrogen-bond acceptors (Lipinski definition) is 4. The van der Waals surface area contributed by atoms with Gasteiger partial charge in [0, 0.05) is 18.2 Å². The molecule has 1 aliphatic heterocycles. The Morgan fingerprint density at radius 2 is 2.04 bits per heavy atom. The maximum Gasteiger partial charge on any atom is 0.216 e. The third kappa shape index (κ3) is 5.57. The van der Waals surface area contributed by atoms with Crippen LogP contribution in [0.4, 0.5) is 4.39 Å². The first-order chi connectivity index (χ1) is 10.9. The van der Waals surface area contributed by atoms with Crippen LogP contribution in [-0.4, -0.2) is 39.0 Å². The molecule has 7 heteroatoms. The third-order valence-electron chi connectivity index (χ3n) is 3.88. The lowest BCUT2D eigenvalue weighted by Gasteiger charge is -2.29. The second-order valence-corrected chi connectivity index (χ2v) is 7.81. The molecule has 0 unspecified atom stereocenters. The summed E-state index contributed by atoms with van der Waals surface area (Å²) in [7, 11) is -3.66. The van der Waals surface area contributed by atoms with E-state index in [9.17, 15) is 12.8 Å². The van der Waals surface area contributed by atoms with Crippen LogP contribution in [0.25, 0.3) is 0 Å². The van der Waals surface area contributed by atoms with Gasteiger partial charge >= 0.3 is 0 Å². The zero-order valence-corrected chi connectivity index (χ0v) is 14.1. The van der Waals surface area contributed by atoms with E-state index in [0.717, 1.165) is 32.0 Å². The number of nitriles is 1. The summed E-state index contributed by atoms with van der Waals surface area (Å²) in [5.74, 6) is -1.07. The Hall–Kier alpha value is -1.49. The van der Waals surface area contributed by atoms with Gasteiger partial charge in [-0.05, 0) is 51.1 Å². The highest BCUT2D eigenvalue weighted by atomic mass is 32.2. The zero-order chi connectivity index (χ0) is 16.9. The molecule has 1 saturated heterocycles. The second-order valence-electron chi connectivity index (χ2n) is 6.06. The normalized spacial score (nSPS) is 17.6. The first kappa shape index (κ1) is 17.9. The van der Waals surface area contributed by atoms with E-state index in [-0.39, 0.29) is 17.2 Å². The molecule has 1 aromatic carbocycles. The molecule has 1 heterocycles. The van der Waals surface area contributed by atoms with Crippen molar-refractivity contribution in [2.45, 2.75) is 38.0 Å². The van der Waals surface area contributed by atoms with Crippen molar-refractivity contribution in [3.63, 3.8) is 0 Å². The number of nitrogens with one attached hydrogen (secondary N) is 1. The fourth-order valence-electron chi connectivity index (χ4n) is 2.87. The van der Waals surface area contributed by atoms with Crippen LogP contribution in [0, 0.1) is 17.1 Å². The number of rotatable bonds is 6. The summed E-state index contributed by atoms with van der Waals surface area (Å²) in [4.78, 5) is 2.24. The van der Waals surface area contributed by atoms with Crippen molar-refractivity contribution in [1.29, 1.82) is 5.26 Å². The van der Waals surface area contributed by atoms with Crippen LogP contribution in [0.5, 0.6) is 0 Å². The van der Waals surface area contributed by atoms with Gasteiger partial charge in [0.25, 0.3) is 0 Å².